The maximum absolute atomic E-state index is 13.0. The number of hydrogen-bond donors (Lipinski definition) is 3. The first-order valence-electron chi connectivity index (χ1n) is 7.33. The van der Waals surface area contributed by atoms with Gasteiger partial charge in [-0.05, 0) is 36.2 Å². The molecule has 0 atom stereocenters. The molecule has 0 aliphatic rings. The summed E-state index contributed by atoms with van der Waals surface area (Å²) in [5, 5.41) is 10.4. The number of rotatable bonds is 7. The third-order valence-electron chi connectivity index (χ3n) is 3.36. The van der Waals surface area contributed by atoms with Gasteiger partial charge in [-0.3, -0.25) is 4.79 Å². The van der Waals surface area contributed by atoms with Crippen LogP contribution in [-0.4, -0.2) is 27.4 Å². The van der Waals surface area contributed by atoms with Gasteiger partial charge in [-0.15, -0.1) is 0 Å². The van der Waals surface area contributed by atoms with E-state index < -0.39 is 21.7 Å². The van der Waals surface area contributed by atoms with Gasteiger partial charge in [0.05, 0.1) is 11.4 Å². The molecule has 9 heteroatoms. The molecule has 0 aliphatic heterocycles. The van der Waals surface area contributed by atoms with Crippen LogP contribution in [0, 0.1) is 11.6 Å². The number of hydrogen-bond acceptors (Lipinski definition) is 4. The van der Waals surface area contributed by atoms with Crippen LogP contribution >= 0.6 is 0 Å². The lowest BCUT2D eigenvalue weighted by molar-refractivity contribution is -0.119. The van der Waals surface area contributed by atoms with Crippen molar-refractivity contribution in [3.63, 3.8) is 0 Å². The Balaban J connectivity index is 1.75. The van der Waals surface area contributed by atoms with E-state index in [0.717, 1.165) is 17.7 Å². The van der Waals surface area contributed by atoms with Crippen LogP contribution in [0.1, 0.15) is 5.56 Å². The lowest BCUT2D eigenvalue weighted by Gasteiger charge is -2.08. The molecule has 4 N–H and O–H groups in total. The number of carbonyl (C=O) groups is 1. The molecule has 0 aromatic heterocycles. The van der Waals surface area contributed by atoms with Gasteiger partial charge < -0.3 is 10.6 Å². The zero-order valence-corrected chi connectivity index (χ0v) is 13.9. The zero-order chi connectivity index (χ0) is 18.4. The summed E-state index contributed by atoms with van der Waals surface area (Å²) >= 11 is 0. The van der Waals surface area contributed by atoms with Crippen molar-refractivity contribution < 1.29 is 22.0 Å². The summed E-state index contributed by atoms with van der Waals surface area (Å²) in [5.41, 5.74) is 1.13. The molecular formula is C16H17F2N3O3S. The summed E-state index contributed by atoms with van der Waals surface area (Å²) in [6.45, 7) is 0.252. The number of carbonyl (C=O) groups excluding carboxylic acids is 1. The summed E-state index contributed by atoms with van der Waals surface area (Å²) in [6.07, 6.45) is 0.502. The van der Waals surface area contributed by atoms with Crippen LogP contribution in [0.2, 0.25) is 0 Å². The second-order valence-electron chi connectivity index (χ2n) is 5.27. The number of sulfonamides is 1. The average molecular weight is 369 g/mol. The monoisotopic (exact) mass is 369 g/mol. The van der Waals surface area contributed by atoms with Crippen molar-refractivity contribution in [2.45, 2.75) is 11.3 Å². The SMILES string of the molecule is NS(=O)(=O)c1ccc(CCNC(=O)CNc2ccc(F)c(F)c2)cc1. The predicted molar refractivity (Wildman–Crippen MR) is 89.4 cm³/mol. The third-order valence-corrected chi connectivity index (χ3v) is 4.29. The number of nitrogens with two attached hydrogens (primary N) is 1. The molecule has 2 aromatic carbocycles. The molecule has 25 heavy (non-hydrogen) atoms. The van der Waals surface area contributed by atoms with Crippen molar-refractivity contribution in [1.82, 2.24) is 5.32 Å². The largest absolute Gasteiger partial charge is 0.376 e. The van der Waals surface area contributed by atoms with E-state index >= 15 is 0 Å². The van der Waals surface area contributed by atoms with Crippen LogP contribution in [0.15, 0.2) is 47.4 Å². The first-order chi connectivity index (χ1) is 11.8. The van der Waals surface area contributed by atoms with Crippen molar-refractivity contribution in [2.24, 2.45) is 5.14 Å². The normalized spacial score (nSPS) is 11.2. The van der Waals surface area contributed by atoms with Gasteiger partial charge in [-0.25, -0.2) is 22.3 Å². The molecule has 0 heterocycles. The number of amides is 1. The van der Waals surface area contributed by atoms with Crippen molar-refractivity contribution in [2.75, 3.05) is 18.4 Å². The van der Waals surface area contributed by atoms with Gasteiger partial charge in [0.25, 0.3) is 0 Å². The molecule has 0 saturated carbocycles. The molecule has 0 saturated heterocycles. The van der Waals surface area contributed by atoms with Crippen LogP contribution in [0.4, 0.5) is 14.5 Å². The highest BCUT2D eigenvalue weighted by Gasteiger charge is 2.07. The first kappa shape index (κ1) is 18.8. The minimum Gasteiger partial charge on any atom is -0.376 e. The van der Waals surface area contributed by atoms with E-state index in [1.165, 1.54) is 18.2 Å². The molecule has 0 fully saturated rings. The van der Waals surface area contributed by atoms with Gasteiger partial charge in [-0.2, -0.15) is 0 Å². The van der Waals surface area contributed by atoms with Gasteiger partial charge in [0.1, 0.15) is 0 Å². The molecule has 1 amide bonds. The Kier molecular flexibility index (Phi) is 6.05. The number of benzene rings is 2. The van der Waals surface area contributed by atoms with E-state index in [0.29, 0.717) is 18.7 Å². The fourth-order valence-electron chi connectivity index (χ4n) is 2.04. The summed E-state index contributed by atoms with van der Waals surface area (Å²) < 4.78 is 48.1. The van der Waals surface area contributed by atoms with Crippen LogP contribution in [0.5, 0.6) is 0 Å². The average Bonchev–Trinajstić information content (AvgIpc) is 2.55. The van der Waals surface area contributed by atoms with Gasteiger partial charge in [0.15, 0.2) is 11.6 Å². The highest BCUT2D eigenvalue weighted by atomic mass is 32.2. The third kappa shape index (κ3) is 5.80. The summed E-state index contributed by atoms with van der Waals surface area (Å²) in [6, 6.07) is 9.31. The Morgan fingerprint density at radius 1 is 1.04 bits per heavy atom. The standard InChI is InChI=1S/C16H17F2N3O3S/c17-14-6-3-12(9-15(14)18)21-10-16(22)20-8-7-11-1-4-13(5-2-11)25(19,23)24/h1-6,9,21H,7-8,10H2,(H,20,22)(H2,19,23,24). The first-order valence-corrected chi connectivity index (χ1v) is 8.88. The second kappa shape index (κ2) is 8.04. The Morgan fingerprint density at radius 3 is 2.32 bits per heavy atom. The molecule has 0 aliphatic carbocycles. The van der Waals surface area contributed by atoms with E-state index in [9.17, 15) is 22.0 Å². The van der Waals surface area contributed by atoms with Crippen LogP contribution in [0.25, 0.3) is 0 Å². The molecular weight excluding hydrogens is 352 g/mol. The Morgan fingerprint density at radius 2 is 1.72 bits per heavy atom. The van der Waals surface area contributed by atoms with Crippen molar-refractivity contribution in [3.8, 4) is 0 Å². The predicted octanol–water partition coefficient (Wildman–Crippen LogP) is 1.38. The Labute approximate surface area is 144 Å². The van der Waals surface area contributed by atoms with Crippen molar-refractivity contribution in [3.05, 3.63) is 59.7 Å². The topological polar surface area (TPSA) is 101 Å². The molecule has 6 nitrogen and oxygen atoms in total. The lowest BCUT2D eigenvalue weighted by atomic mass is 10.1. The maximum Gasteiger partial charge on any atom is 0.239 e. The maximum atomic E-state index is 13.0. The van der Waals surface area contributed by atoms with E-state index in [1.54, 1.807) is 12.1 Å². The number of nitrogens with one attached hydrogen (secondary N) is 2. The fourth-order valence-corrected chi connectivity index (χ4v) is 2.56. The zero-order valence-electron chi connectivity index (χ0n) is 13.1. The highest BCUT2D eigenvalue weighted by molar-refractivity contribution is 7.89. The summed E-state index contributed by atoms with van der Waals surface area (Å²) in [7, 11) is -3.72. The van der Waals surface area contributed by atoms with Crippen LogP contribution in [0.3, 0.4) is 0 Å². The minimum absolute atomic E-state index is 0.0241. The molecule has 134 valence electrons. The van der Waals surface area contributed by atoms with Gasteiger partial charge in [-0.1, -0.05) is 12.1 Å². The number of halogens is 2. The summed E-state index contributed by atoms with van der Waals surface area (Å²) in [4.78, 5) is 11.7. The van der Waals surface area contributed by atoms with E-state index in [2.05, 4.69) is 10.6 Å². The van der Waals surface area contributed by atoms with E-state index in [4.69, 9.17) is 5.14 Å². The van der Waals surface area contributed by atoms with Gasteiger partial charge >= 0.3 is 0 Å². The molecule has 0 radical (unpaired) electrons. The number of anilines is 1. The fraction of sp³-hybridized carbons (Fsp3) is 0.188. The van der Waals surface area contributed by atoms with Crippen molar-refractivity contribution >= 4 is 21.6 Å². The Bertz CT molecular complexity index is 855. The second-order valence-corrected chi connectivity index (χ2v) is 6.83. The summed E-state index contributed by atoms with van der Waals surface area (Å²) in [5.74, 6) is -2.26. The molecule has 0 bridgehead atoms. The van der Waals surface area contributed by atoms with Crippen LogP contribution < -0.4 is 15.8 Å². The van der Waals surface area contributed by atoms with Gasteiger partial charge in [0, 0.05) is 18.3 Å². The minimum atomic E-state index is -3.72. The smallest absolute Gasteiger partial charge is 0.239 e. The highest BCUT2D eigenvalue weighted by Crippen LogP contribution is 2.12. The lowest BCUT2D eigenvalue weighted by Crippen LogP contribution is -2.31. The van der Waals surface area contributed by atoms with Gasteiger partial charge in [0.2, 0.25) is 15.9 Å². The molecule has 0 unspecified atom stereocenters. The van der Waals surface area contributed by atoms with E-state index in [1.807, 2.05) is 0 Å². The quantitative estimate of drug-likeness (QED) is 0.686. The van der Waals surface area contributed by atoms with E-state index in [-0.39, 0.29) is 17.3 Å². The Hall–Kier alpha value is -2.52. The number of primary sulfonamides is 1. The molecule has 0 spiro atoms. The van der Waals surface area contributed by atoms with Crippen molar-refractivity contribution in [1.29, 1.82) is 0 Å². The molecule has 2 rings (SSSR count). The van der Waals surface area contributed by atoms with Crippen LogP contribution in [-0.2, 0) is 21.2 Å². The molecule has 2 aromatic rings.